The van der Waals surface area contributed by atoms with Gasteiger partial charge in [0, 0.05) is 20.3 Å². The maximum atomic E-state index is 12.0. The molecule has 4 nitrogen and oxygen atoms in total. The first-order chi connectivity index (χ1) is 8.75. The molecule has 0 atom stereocenters. The first kappa shape index (κ1) is 12.8. The van der Waals surface area contributed by atoms with E-state index in [9.17, 15) is 9.59 Å². The number of hydrogen-bond donors (Lipinski definition) is 0. The second kappa shape index (κ2) is 5.78. The normalized spacial score (nSPS) is 14.2. The first-order valence-corrected chi connectivity index (χ1v) is 6.20. The van der Waals surface area contributed by atoms with Gasteiger partial charge in [-0.1, -0.05) is 12.1 Å². The molecule has 0 bridgehead atoms. The topological polar surface area (TPSA) is 46.6 Å². The second-order valence-electron chi connectivity index (χ2n) is 4.36. The van der Waals surface area contributed by atoms with Gasteiger partial charge in [0.2, 0.25) is 0 Å². The minimum absolute atomic E-state index is 0.164. The van der Waals surface area contributed by atoms with Crippen LogP contribution in [0.1, 0.15) is 40.0 Å². The Bertz CT molecular complexity index is 421. The van der Waals surface area contributed by atoms with E-state index in [4.69, 9.17) is 4.74 Å². The molecule has 1 heterocycles. The monoisotopic (exact) mass is 247 g/mol. The van der Waals surface area contributed by atoms with E-state index in [1.54, 1.807) is 31.4 Å². The van der Waals surface area contributed by atoms with Crippen molar-refractivity contribution in [3.8, 4) is 0 Å². The fraction of sp³-hybridized carbons (Fsp3) is 0.429. The lowest BCUT2D eigenvalue weighted by atomic mass is 10.1. The van der Waals surface area contributed by atoms with Crippen LogP contribution >= 0.6 is 0 Å². The number of methoxy groups -OCH3 is 1. The molecule has 0 radical (unpaired) electrons. The number of benzene rings is 1. The standard InChI is InChI=1S/C14H17NO3/c1-18-10-6-2-5-9-15-13(16)11-7-3-4-8-12(11)14(15)17/h3-4,7-8H,2,5-6,9-10H2,1H3. The van der Waals surface area contributed by atoms with Crippen LogP contribution < -0.4 is 0 Å². The summed E-state index contributed by atoms with van der Waals surface area (Å²) in [7, 11) is 1.67. The van der Waals surface area contributed by atoms with Crippen molar-refractivity contribution in [2.45, 2.75) is 19.3 Å². The zero-order valence-electron chi connectivity index (χ0n) is 10.5. The van der Waals surface area contributed by atoms with Crippen LogP contribution in [0.2, 0.25) is 0 Å². The van der Waals surface area contributed by atoms with Crippen molar-refractivity contribution < 1.29 is 14.3 Å². The number of ether oxygens (including phenoxy) is 1. The van der Waals surface area contributed by atoms with Gasteiger partial charge in [-0.15, -0.1) is 0 Å². The van der Waals surface area contributed by atoms with Gasteiger partial charge in [0.15, 0.2) is 0 Å². The van der Waals surface area contributed by atoms with Crippen LogP contribution in [0.25, 0.3) is 0 Å². The minimum Gasteiger partial charge on any atom is -0.385 e. The number of hydrogen-bond acceptors (Lipinski definition) is 3. The molecule has 4 heteroatoms. The molecule has 0 saturated carbocycles. The van der Waals surface area contributed by atoms with Crippen LogP contribution in [-0.4, -0.2) is 37.0 Å². The molecule has 0 spiro atoms. The second-order valence-corrected chi connectivity index (χ2v) is 4.36. The molecule has 0 fully saturated rings. The Hall–Kier alpha value is -1.68. The van der Waals surface area contributed by atoms with E-state index in [-0.39, 0.29) is 11.8 Å². The molecule has 2 amide bonds. The van der Waals surface area contributed by atoms with Crippen molar-refractivity contribution in [1.29, 1.82) is 0 Å². The highest BCUT2D eigenvalue weighted by molar-refractivity contribution is 6.21. The Kier molecular flexibility index (Phi) is 4.10. The molecule has 1 aromatic rings. The number of imide groups is 1. The van der Waals surface area contributed by atoms with Gasteiger partial charge in [0.1, 0.15) is 0 Å². The van der Waals surface area contributed by atoms with Crippen LogP contribution in [0, 0.1) is 0 Å². The van der Waals surface area contributed by atoms with E-state index in [2.05, 4.69) is 0 Å². The predicted molar refractivity (Wildman–Crippen MR) is 67.5 cm³/mol. The van der Waals surface area contributed by atoms with Crippen molar-refractivity contribution in [3.05, 3.63) is 35.4 Å². The summed E-state index contributed by atoms with van der Waals surface area (Å²) in [6, 6.07) is 6.99. The van der Waals surface area contributed by atoms with E-state index < -0.39 is 0 Å². The number of amides is 2. The van der Waals surface area contributed by atoms with Gasteiger partial charge in [-0.25, -0.2) is 0 Å². The SMILES string of the molecule is COCCCCCN1C(=O)c2ccccc2C1=O. The molecule has 96 valence electrons. The van der Waals surface area contributed by atoms with Gasteiger partial charge in [-0.2, -0.15) is 0 Å². The van der Waals surface area contributed by atoms with Crippen LogP contribution in [-0.2, 0) is 4.74 Å². The summed E-state index contributed by atoms with van der Waals surface area (Å²) in [5.41, 5.74) is 1.05. The zero-order valence-corrected chi connectivity index (χ0v) is 10.5. The van der Waals surface area contributed by atoms with Crippen molar-refractivity contribution >= 4 is 11.8 Å². The van der Waals surface area contributed by atoms with E-state index in [0.717, 1.165) is 25.9 Å². The number of rotatable bonds is 6. The molecule has 0 saturated heterocycles. The lowest BCUT2D eigenvalue weighted by molar-refractivity contribution is 0.0650. The molecular weight excluding hydrogens is 230 g/mol. The quantitative estimate of drug-likeness (QED) is 0.571. The number of carbonyl (C=O) groups excluding carboxylic acids is 2. The molecule has 0 aromatic heterocycles. The van der Waals surface area contributed by atoms with E-state index in [1.165, 1.54) is 4.90 Å². The Balaban J connectivity index is 1.93. The number of fused-ring (bicyclic) bond motifs is 1. The summed E-state index contributed by atoms with van der Waals surface area (Å²) >= 11 is 0. The van der Waals surface area contributed by atoms with Gasteiger partial charge < -0.3 is 4.74 Å². The third-order valence-corrected chi connectivity index (χ3v) is 3.11. The Labute approximate surface area is 107 Å². The Morgan fingerprint density at radius 1 is 1.00 bits per heavy atom. The minimum atomic E-state index is -0.164. The van der Waals surface area contributed by atoms with Gasteiger partial charge in [-0.05, 0) is 31.4 Å². The summed E-state index contributed by atoms with van der Waals surface area (Å²) in [6.45, 7) is 1.22. The van der Waals surface area contributed by atoms with Crippen LogP contribution in [0.15, 0.2) is 24.3 Å². The average Bonchev–Trinajstić information content (AvgIpc) is 2.64. The van der Waals surface area contributed by atoms with Crippen molar-refractivity contribution in [3.63, 3.8) is 0 Å². The highest BCUT2D eigenvalue weighted by Crippen LogP contribution is 2.22. The molecule has 0 N–H and O–H groups in total. The molecule has 0 unspecified atom stereocenters. The van der Waals surface area contributed by atoms with Crippen LogP contribution in [0.5, 0.6) is 0 Å². The molecule has 0 aliphatic carbocycles. The zero-order chi connectivity index (χ0) is 13.0. The maximum Gasteiger partial charge on any atom is 0.261 e. The number of unbranched alkanes of at least 4 members (excludes halogenated alkanes) is 2. The molecule has 2 rings (SSSR count). The number of nitrogens with zero attached hydrogens (tertiary/aromatic N) is 1. The van der Waals surface area contributed by atoms with Gasteiger partial charge >= 0.3 is 0 Å². The Morgan fingerprint density at radius 2 is 1.61 bits per heavy atom. The predicted octanol–water partition coefficient (Wildman–Crippen LogP) is 2.10. The first-order valence-electron chi connectivity index (χ1n) is 6.20. The van der Waals surface area contributed by atoms with Gasteiger partial charge in [0.25, 0.3) is 11.8 Å². The van der Waals surface area contributed by atoms with Crippen LogP contribution in [0.4, 0.5) is 0 Å². The highest BCUT2D eigenvalue weighted by Gasteiger charge is 2.34. The fourth-order valence-corrected chi connectivity index (χ4v) is 2.14. The maximum absolute atomic E-state index is 12.0. The molecular formula is C14H17NO3. The summed E-state index contributed by atoms with van der Waals surface area (Å²) in [5, 5.41) is 0. The molecule has 1 aliphatic rings. The van der Waals surface area contributed by atoms with Crippen LogP contribution in [0.3, 0.4) is 0 Å². The van der Waals surface area contributed by atoms with Gasteiger partial charge in [-0.3, -0.25) is 14.5 Å². The highest BCUT2D eigenvalue weighted by atomic mass is 16.5. The number of carbonyl (C=O) groups is 2. The lowest BCUT2D eigenvalue weighted by Crippen LogP contribution is -2.30. The molecule has 18 heavy (non-hydrogen) atoms. The fourth-order valence-electron chi connectivity index (χ4n) is 2.14. The van der Waals surface area contributed by atoms with Gasteiger partial charge in [0.05, 0.1) is 11.1 Å². The van der Waals surface area contributed by atoms with Crippen molar-refractivity contribution in [1.82, 2.24) is 4.90 Å². The summed E-state index contributed by atoms with van der Waals surface area (Å²) in [5.74, 6) is -0.329. The van der Waals surface area contributed by atoms with E-state index in [1.807, 2.05) is 0 Å². The largest absolute Gasteiger partial charge is 0.385 e. The lowest BCUT2D eigenvalue weighted by Gasteiger charge is -2.13. The van der Waals surface area contributed by atoms with E-state index >= 15 is 0 Å². The summed E-state index contributed by atoms with van der Waals surface area (Å²) in [4.78, 5) is 25.4. The summed E-state index contributed by atoms with van der Waals surface area (Å²) < 4.78 is 4.96. The Morgan fingerprint density at radius 3 is 2.17 bits per heavy atom. The molecule has 1 aromatic carbocycles. The summed E-state index contributed by atoms with van der Waals surface area (Å²) in [6.07, 6.45) is 2.75. The van der Waals surface area contributed by atoms with Crippen molar-refractivity contribution in [2.75, 3.05) is 20.3 Å². The molecule has 1 aliphatic heterocycles. The third-order valence-electron chi connectivity index (χ3n) is 3.11. The average molecular weight is 247 g/mol. The van der Waals surface area contributed by atoms with Crippen molar-refractivity contribution in [2.24, 2.45) is 0 Å². The smallest absolute Gasteiger partial charge is 0.261 e. The van der Waals surface area contributed by atoms with E-state index in [0.29, 0.717) is 17.7 Å². The third kappa shape index (κ3) is 2.43.